The zero-order chi connectivity index (χ0) is 58.8. The maximum Gasteiger partial charge on any atom is 0.339 e. The van der Waals surface area contributed by atoms with Crippen LogP contribution in [-0.4, -0.2) is 61.8 Å². The van der Waals surface area contributed by atoms with Crippen LogP contribution in [0.15, 0.2) is 48.5 Å². The average molecular weight is 1150 g/mol. The Hall–Kier alpha value is -3.30. The molecule has 1 aliphatic rings. The van der Waals surface area contributed by atoms with Gasteiger partial charge in [-0.25, -0.2) is 9.59 Å². The van der Waals surface area contributed by atoms with Crippen LogP contribution < -0.4 is 26.6 Å². The molecule has 0 fully saturated rings. The third kappa shape index (κ3) is 14.7. The fourth-order valence-corrected chi connectivity index (χ4v) is 12.8. The summed E-state index contributed by atoms with van der Waals surface area (Å²) in [6.45, 7) is 66.2. The molecule has 0 bridgehead atoms. The molecule has 0 aliphatic heterocycles. The Balaban J connectivity index is 1.85. The van der Waals surface area contributed by atoms with Crippen LogP contribution >= 0.6 is 0 Å². The predicted octanol–water partition coefficient (Wildman–Crippen LogP) is 19.6. The van der Waals surface area contributed by atoms with Crippen molar-refractivity contribution in [3.63, 3.8) is 0 Å². The first-order valence-corrected chi connectivity index (χ1v) is 45.2. The summed E-state index contributed by atoms with van der Waals surface area (Å²) in [6, 6.07) is 15.0. The number of hydrogen-bond acceptors (Lipinski definition) is 10. The highest BCUT2D eigenvalue weighted by Gasteiger charge is 2.48. The lowest BCUT2D eigenvalue weighted by atomic mass is 9.87. The van der Waals surface area contributed by atoms with Gasteiger partial charge in [-0.2, -0.15) is 0 Å². The highest BCUT2D eigenvalue weighted by Crippen LogP contribution is 2.53. The fourth-order valence-electron chi connectivity index (χ4n) is 6.77. The van der Waals surface area contributed by atoms with Crippen LogP contribution in [0.2, 0.25) is 109 Å². The van der Waals surface area contributed by atoms with Gasteiger partial charge in [0.15, 0.2) is 11.5 Å². The van der Waals surface area contributed by atoms with Gasteiger partial charge in [0.25, 0.3) is 49.9 Å². The van der Waals surface area contributed by atoms with E-state index in [0.717, 1.165) is 11.1 Å². The van der Waals surface area contributed by atoms with E-state index < -0.39 is 74.1 Å². The molecule has 0 aromatic heterocycles. The molecule has 0 unspecified atom stereocenters. The molecule has 0 radical (unpaired) electrons. The van der Waals surface area contributed by atoms with Gasteiger partial charge >= 0.3 is 11.9 Å². The SMILES string of the molecule is CC(C)(C)[Si](C)(C)Oc1cc(C(=O)O[C@H]2CC[C@H](OC(=O)c3cc(O[Si](C)(C)C(C)(C)C)c(O[Si](C)(C)C(C)(C)C)c(O[Si](C)(C)C(C)(C)C)c3)c3ccccc32)cc(O[Si](C)(C)C(C)(C)C)c1O[Si](C)(C)C(C)(C)C. The number of hydrogen-bond donors (Lipinski definition) is 0. The molecule has 428 valence electrons. The van der Waals surface area contributed by atoms with Gasteiger partial charge in [-0.3, -0.25) is 0 Å². The molecule has 0 spiro atoms. The lowest BCUT2D eigenvalue weighted by Crippen LogP contribution is -2.47. The Morgan fingerprint density at radius 2 is 0.553 bits per heavy atom. The van der Waals surface area contributed by atoms with E-state index in [9.17, 15) is 9.59 Å². The van der Waals surface area contributed by atoms with E-state index in [-0.39, 0.29) is 30.2 Å². The van der Waals surface area contributed by atoms with E-state index in [1.165, 1.54) is 0 Å². The molecule has 0 saturated heterocycles. The van der Waals surface area contributed by atoms with Crippen molar-refractivity contribution in [1.82, 2.24) is 0 Å². The van der Waals surface area contributed by atoms with Crippen molar-refractivity contribution >= 4 is 61.8 Å². The second-order valence-corrected chi connectivity index (χ2v) is 59.1. The maximum absolute atomic E-state index is 14.9. The van der Waals surface area contributed by atoms with E-state index in [2.05, 4.69) is 203 Å². The molecule has 0 amide bonds. The van der Waals surface area contributed by atoms with Gasteiger partial charge in [-0.05, 0) is 157 Å². The van der Waals surface area contributed by atoms with Crippen molar-refractivity contribution in [3.8, 4) is 34.5 Å². The summed E-state index contributed by atoms with van der Waals surface area (Å²) in [5.74, 6) is 2.13. The van der Waals surface area contributed by atoms with Gasteiger partial charge in [-0.15, -0.1) is 0 Å². The number of ether oxygens (including phenoxy) is 2. The summed E-state index contributed by atoms with van der Waals surface area (Å²) < 4.78 is 56.1. The van der Waals surface area contributed by atoms with Crippen LogP contribution in [0, 0.1) is 0 Å². The largest absolute Gasteiger partial charge is 0.541 e. The molecule has 3 aromatic carbocycles. The Kier molecular flexibility index (Phi) is 18.6. The zero-order valence-corrected chi connectivity index (χ0v) is 59.3. The number of carbonyl (C=O) groups excluding carboxylic acids is 2. The molecular formula is C60H104O10Si6. The van der Waals surface area contributed by atoms with Gasteiger partial charge in [0.2, 0.25) is 0 Å². The van der Waals surface area contributed by atoms with Crippen molar-refractivity contribution < 1.29 is 45.6 Å². The third-order valence-electron chi connectivity index (χ3n) is 18.4. The molecule has 0 heterocycles. The van der Waals surface area contributed by atoms with Gasteiger partial charge < -0.3 is 36.0 Å². The molecule has 0 N–H and O–H groups in total. The van der Waals surface area contributed by atoms with Crippen molar-refractivity contribution in [2.75, 3.05) is 0 Å². The quantitative estimate of drug-likeness (QED) is 0.102. The van der Waals surface area contributed by atoms with E-state index in [0.29, 0.717) is 58.5 Å². The highest BCUT2D eigenvalue weighted by molar-refractivity contribution is 6.77. The summed E-state index contributed by atoms with van der Waals surface area (Å²) in [4.78, 5) is 29.7. The van der Waals surface area contributed by atoms with Gasteiger partial charge in [0.05, 0.1) is 11.1 Å². The van der Waals surface area contributed by atoms with E-state index >= 15 is 0 Å². The maximum atomic E-state index is 14.9. The molecule has 3 aromatic rings. The van der Waals surface area contributed by atoms with Gasteiger partial charge in [0, 0.05) is 0 Å². The number of fused-ring (bicyclic) bond motifs is 1. The van der Waals surface area contributed by atoms with Crippen LogP contribution in [0.25, 0.3) is 0 Å². The highest BCUT2D eigenvalue weighted by atomic mass is 28.4. The number of rotatable bonds is 16. The number of benzene rings is 3. The molecule has 76 heavy (non-hydrogen) atoms. The summed E-state index contributed by atoms with van der Waals surface area (Å²) in [6.07, 6.45) is -0.381. The topological polar surface area (TPSA) is 108 Å². The second-order valence-electron chi connectivity index (χ2n) is 30.8. The molecule has 2 atom stereocenters. The van der Waals surface area contributed by atoms with Crippen molar-refractivity contribution in [3.05, 3.63) is 70.8 Å². The summed E-state index contributed by atoms with van der Waals surface area (Å²) in [7, 11) is -14.9. The van der Waals surface area contributed by atoms with Gasteiger partial charge in [-0.1, -0.05) is 149 Å². The van der Waals surface area contributed by atoms with Crippen molar-refractivity contribution in [1.29, 1.82) is 0 Å². The Labute approximate surface area is 468 Å². The zero-order valence-electron chi connectivity index (χ0n) is 53.3. The minimum Gasteiger partial charge on any atom is -0.541 e. The van der Waals surface area contributed by atoms with Crippen molar-refractivity contribution in [2.45, 2.75) is 258 Å². The molecular weight excluding hydrogens is 1050 g/mol. The molecule has 16 heteroatoms. The number of carbonyl (C=O) groups is 2. The minimum absolute atomic E-state index is 0.123. The van der Waals surface area contributed by atoms with Crippen LogP contribution in [0.5, 0.6) is 34.5 Å². The molecule has 1 aliphatic carbocycles. The third-order valence-corrected chi connectivity index (χ3v) is 44.4. The predicted molar refractivity (Wildman–Crippen MR) is 332 cm³/mol. The lowest BCUT2D eigenvalue weighted by Gasteiger charge is -2.42. The summed E-state index contributed by atoms with van der Waals surface area (Å²) in [5, 5.41) is -0.825. The Morgan fingerprint density at radius 3 is 0.750 bits per heavy atom. The average Bonchev–Trinajstić information content (AvgIpc) is 3.20. The molecule has 0 saturated carbocycles. The lowest BCUT2D eigenvalue weighted by molar-refractivity contribution is 0.00337. The second kappa shape index (κ2) is 21.6. The first kappa shape index (κ1) is 65.2. The Morgan fingerprint density at radius 1 is 0.355 bits per heavy atom. The van der Waals surface area contributed by atoms with Crippen LogP contribution in [0.4, 0.5) is 0 Å². The standard InChI is InChI=1S/C60H104O10Si6/c1-55(2,3)71(19,20)65-47-37-41(38-48(66-72(21,22)56(4,5)6)51(47)69-75(27,28)59(13,14)15)53(61)63-45-35-36-46(44-34-32-31-33-43(44)45)64-54(62)42-39-49(67-73(23,24)57(7,8)9)52(70-76(29,30)60(16,17)18)50(40-42)68-74(25,26)58(10,11)12/h31-34,37-40,45-46H,35-36H2,1-30H3/t45-,46-/m0/s1. The number of esters is 2. The first-order valence-electron chi connectivity index (χ1n) is 27.8. The smallest absolute Gasteiger partial charge is 0.339 e. The van der Waals surface area contributed by atoms with E-state index in [4.69, 9.17) is 36.0 Å². The van der Waals surface area contributed by atoms with Crippen LogP contribution in [0.1, 0.15) is 182 Å². The fraction of sp³-hybridized carbons (Fsp3) is 0.667. The van der Waals surface area contributed by atoms with E-state index in [1.54, 1.807) is 24.3 Å². The Bertz CT molecular complexity index is 2300. The molecule has 10 nitrogen and oxygen atoms in total. The summed E-state index contributed by atoms with van der Waals surface area (Å²) >= 11 is 0. The van der Waals surface area contributed by atoms with E-state index in [1.807, 2.05) is 24.3 Å². The normalized spacial score (nSPS) is 16.8. The first-order chi connectivity index (χ1) is 33.8. The monoisotopic (exact) mass is 1150 g/mol. The van der Waals surface area contributed by atoms with Crippen molar-refractivity contribution in [2.24, 2.45) is 0 Å². The summed E-state index contributed by atoms with van der Waals surface area (Å²) in [5.41, 5.74) is 2.22. The minimum atomic E-state index is -2.49. The van der Waals surface area contributed by atoms with Crippen LogP contribution in [0.3, 0.4) is 0 Å². The van der Waals surface area contributed by atoms with Gasteiger partial charge in [0.1, 0.15) is 35.2 Å². The van der Waals surface area contributed by atoms with Crippen LogP contribution in [-0.2, 0) is 9.47 Å². The molecule has 4 rings (SSSR count).